The van der Waals surface area contributed by atoms with E-state index in [2.05, 4.69) is 34.6 Å². The lowest BCUT2D eigenvalue weighted by atomic mass is 9.89. The van der Waals surface area contributed by atoms with Crippen LogP contribution in [0.25, 0.3) is 20.9 Å². The first kappa shape index (κ1) is 21.4. The molecule has 33 heavy (non-hydrogen) atoms. The third kappa shape index (κ3) is 4.29. The number of thiazole rings is 1. The van der Waals surface area contributed by atoms with Crippen molar-refractivity contribution in [2.75, 3.05) is 13.2 Å². The molecule has 0 aliphatic heterocycles. The van der Waals surface area contributed by atoms with Gasteiger partial charge in [-0.25, -0.2) is 14.4 Å². The molecule has 0 amide bonds. The number of carbonyl (C=O) groups excluding carboxylic acids is 1. The molecular formula is C26H22FN3O2S. The van der Waals surface area contributed by atoms with Gasteiger partial charge in [0.1, 0.15) is 21.2 Å². The van der Waals surface area contributed by atoms with Gasteiger partial charge in [0.25, 0.3) is 0 Å². The zero-order valence-electron chi connectivity index (χ0n) is 18.0. The van der Waals surface area contributed by atoms with E-state index in [1.54, 1.807) is 13.0 Å². The highest BCUT2D eigenvalue weighted by Crippen LogP contribution is 2.45. The number of carbonyl (C=O) groups is 1. The van der Waals surface area contributed by atoms with E-state index in [-0.39, 0.29) is 23.7 Å². The minimum Gasteiger partial charge on any atom is -0.465 e. The Labute approximate surface area is 195 Å². The molecule has 0 saturated heterocycles. The van der Waals surface area contributed by atoms with Gasteiger partial charge < -0.3 is 10.1 Å². The lowest BCUT2D eigenvalue weighted by Gasteiger charge is -2.15. The number of pyridine rings is 1. The van der Waals surface area contributed by atoms with Crippen LogP contribution in [0.3, 0.4) is 0 Å². The molecule has 1 aliphatic carbocycles. The van der Waals surface area contributed by atoms with Gasteiger partial charge in [-0.3, -0.25) is 4.79 Å². The monoisotopic (exact) mass is 459 g/mol. The van der Waals surface area contributed by atoms with Gasteiger partial charge in [-0.15, -0.1) is 0 Å². The molecule has 0 unspecified atom stereocenters. The van der Waals surface area contributed by atoms with E-state index in [4.69, 9.17) is 9.72 Å². The van der Waals surface area contributed by atoms with Crippen molar-refractivity contribution in [1.29, 1.82) is 0 Å². The van der Waals surface area contributed by atoms with Crippen LogP contribution in [0.4, 0.5) is 4.39 Å². The van der Waals surface area contributed by atoms with Crippen molar-refractivity contribution in [3.05, 3.63) is 95.5 Å². The number of benzene rings is 2. The highest BCUT2D eigenvalue weighted by molar-refractivity contribution is 7.21. The molecule has 4 aromatic rings. The van der Waals surface area contributed by atoms with Crippen LogP contribution < -0.4 is 5.32 Å². The lowest BCUT2D eigenvalue weighted by Crippen LogP contribution is -2.24. The highest BCUT2D eigenvalue weighted by Gasteiger charge is 2.39. The van der Waals surface area contributed by atoms with E-state index in [1.807, 2.05) is 36.4 Å². The number of esters is 1. The summed E-state index contributed by atoms with van der Waals surface area (Å²) in [5, 5.41) is 3.56. The lowest BCUT2D eigenvalue weighted by molar-refractivity contribution is -0.142. The van der Waals surface area contributed by atoms with Gasteiger partial charge in [0, 0.05) is 12.1 Å². The summed E-state index contributed by atoms with van der Waals surface area (Å²) in [4.78, 5) is 21.7. The van der Waals surface area contributed by atoms with Gasteiger partial charge >= 0.3 is 5.97 Å². The molecule has 0 fully saturated rings. The number of halogens is 1. The molecule has 0 saturated carbocycles. The molecular weight excluding hydrogens is 437 g/mol. The SMILES string of the molecule is CCOC(=O)CNCc1ccc(-c2nc3ccc(C4(c5ccccc5)C=C4)nc3s2)c(F)c1. The summed E-state index contributed by atoms with van der Waals surface area (Å²) in [6.45, 7) is 2.55. The first-order valence-electron chi connectivity index (χ1n) is 10.8. The Hall–Kier alpha value is -3.42. The molecule has 1 N–H and O–H groups in total. The quantitative estimate of drug-likeness (QED) is 0.297. The average molecular weight is 460 g/mol. The van der Waals surface area contributed by atoms with E-state index in [0.717, 1.165) is 21.6 Å². The summed E-state index contributed by atoms with van der Waals surface area (Å²) >= 11 is 1.38. The molecule has 0 atom stereocenters. The Balaban J connectivity index is 1.36. The van der Waals surface area contributed by atoms with Crippen LogP contribution in [0.5, 0.6) is 0 Å². The molecule has 2 heterocycles. The maximum Gasteiger partial charge on any atom is 0.319 e. The largest absolute Gasteiger partial charge is 0.465 e. The van der Waals surface area contributed by atoms with E-state index >= 15 is 0 Å². The number of nitrogens with zero attached hydrogens (tertiary/aromatic N) is 2. The molecule has 1 aliphatic rings. The van der Waals surface area contributed by atoms with Gasteiger partial charge in [0.05, 0.1) is 24.3 Å². The molecule has 5 nitrogen and oxygen atoms in total. The molecule has 2 aromatic heterocycles. The third-order valence-corrected chi connectivity index (χ3v) is 6.60. The van der Waals surface area contributed by atoms with Crippen molar-refractivity contribution >= 4 is 27.7 Å². The predicted molar refractivity (Wildman–Crippen MR) is 128 cm³/mol. The van der Waals surface area contributed by atoms with Gasteiger partial charge in [-0.2, -0.15) is 0 Å². The first-order chi connectivity index (χ1) is 16.1. The smallest absolute Gasteiger partial charge is 0.319 e. The normalized spacial score (nSPS) is 13.9. The fraction of sp³-hybridized carbons (Fsp3) is 0.192. The summed E-state index contributed by atoms with van der Waals surface area (Å²) < 4.78 is 19.8. The topological polar surface area (TPSA) is 64.1 Å². The van der Waals surface area contributed by atoms with E-state index in [9.17, 15) is 9.18 Å². The van der Waals surface area contributed by atoms with Crippen molar-refractivity contribution in [1.82, 2.24) is 15.3 Å². The van der Waals surface area contributed by atoms with Crippen LogP contribution >= 0.6 is 11.3 Å². The number of rotatable bonds is 8. The fourth-order valence-corrected chi connectivity index (χ4v) is 4.80. The van der Waals surface area contributed by atoms with Crippen LogP contribution in [0.1, 0.15) is 23.7 Å². The van der Waals surface area contributed by atoms with Crippen molar-refractivity contribution in [2.24, 2.45) is 0 Å². The Bertz CT molecular complexity index is 1340. The predicted octanol–water partition coefficient (Wildman–Crippen LogP) is 5.01. The Morgan fingerprint density at radius 3 is 2.64 bits per heavy atom. The summed E-state index contributed by atoms with van der Waals surface area (Å²) in [5.41, 5.74) is 3.80. The van der Waals surface area contributed by atoms with E-state index in [1.165, 1.54) is 23.0 Å². The summed E-state index contributed by atoms with van der Waals surface area (Å²) in [7, 11) is 0. The van der Waals surface area contributed by atoms with Crippen LogP contribution in [-0.4, -0.2) is 29.1 Å². The molecule has 7 heteroatoms. The summed E-state index contributed by atoms with van der Waals surface area (Å²) in [6.07, 6.45) is 4.29. The van der Waals surface area contributed by atoms with E-state index in [0.29, 0.717) is 23.7 Å². The Kier molecular flexibility index (Phi) is 5.74. The van der Waals surface area contributed by atoms with Crippen molar-refractivity contribution in [3.63, 3.8) is 0 Å². The molecule has 5 rings (SSSR count). The van der Waals surface area contributed by atoms with Gasteiger partial charge in [-0.05, 0) is 42.3 Å². The molecule has 0 bridgehead atoms. The zero-order chi connectivity index (χ0) is 22.8. The van der Waals surface area contributed by atoms with Crippen LogP contribution in [-0.2, 0) is 21.5 Å². The second kappa shape index (κ2) is 8.84. The van der Waals surface area contributed by atoms with Crippen LogP contribution in [0.2, 0.25) is 0 Å². The fourth-order valence-electron chi connectivity index (χ4n) is 3.83. The number of hydrogen-bond donors (Lipinski definition) is 1. The van der Waals surface area contributed by atoms with Gasteiger partial charge in [-0.1, -0.05) is 59.9 Å². The average Bonchev–Trinajstić information content (AvgIpc) is 3.53. The summed E-state index contributed by atoms with van der Waals surface area (Å²) in [6, 6.07) is 19.2. The van der Waals surface area contributed by atoms with Gasteiger partial charge in [0.2, 0.25) is 0 Å². The van der Waals surface area contributed by atoms with Crippen LogP contribution in [0, 0.1) is 5.82 Å². The Morgan fingerprint density at radius 1 is 1.09 bits per heavy atom. The molecule has 0 radical (unpaired) electrons. The molecule has 166 valence electrons. The maximum atomic E-state index is 14.9. The number of nitrogens with one attached hydrogen (secondary N) is 1. The van der Waals surface area contributed by atoms with Crippen LogP contribution in [0.15, 0.2) is 72.8 Å². The second-order valence-corrected chi connectivity index (χ2v) is 8.81. The molecule has 2 aromatic carbocycles. The zero-order valence-corrected chi connectivity index (χ0v) is 18.9. The Morgan fingerprint density at radius 2 is 1.91 bits per heavy atom. The highest BCUT2D eigenvalue weighted by atomic mass is 32.1. The number of fused-ring (bicyclic) bond motifs is 1. The number of hydrogen-bond acceptors (Lipinski definition) is 6. The minimum absolute atomic E-state index is 0.0857. The van der Waals surface area contributed by atoms with Crippen molar-refractivity contribution < 1.29 is 13.9 Å². The van der Waals surface area contributed by atoms with Crippen molar-refractivity contribution in [2.45, 2.75) is 18.9 Å². The van der Waals surface area contributed by atoms with E-state index < -0.39 is 0 Å². The maximum absolute atomic E-state index is 14.9. The van der Waals surface area contributed by atoms with Crippen molar-refractivity contribution in [3.8, 4) is 10.6 Å². The molecule has 0 spiro atoms. The third-order valence-electron chi connectivity index (χ3n) is 5.60. The number of ether oxygens (including phenoxy) is 1. The number of aromatic nitrogens is 2. The number of allylic oxidation sites excluding steroid dienone is 2. The first-order valence-corrected chi connectivity index (χ1v) is 11.6. The summed E-state index contributed by atoms with van der Waals surface area (Å²) in [5.74, 6) is -0.680. The standard InChI is InChI=1S/C26H22FN3O2S/c1-2-32-23(31)16-28-15-17-8-9-19(20(27)14-17)24-29-21-10-11-22(30-25(21)33-24)26(12-13-26)18-6-4-3-5-7-18/h3-14,28H,2,15-16H2,1H3. The van der Waals surface area contributed by atoms with Gasteiger partial charge in [0.15, 0.2) is 0 Å². The second-order valence-electron chi connectivity index (χ2n) is 7.83. The minimum atomic E-state index is -0.352.